The average molecular weight is 415 g/mol. The van der Waals surface area contributed by atoms with E-state index in [2.05, 4.69) is 9.97 Å². The fourth-order valence-corrected chi connectivity index (χ4v) is 3.83. The maximum Gasteiger partial charge on any atom is 0.327 e. The first-order valence-corrected chi connectivity index (χ1v) is 10.7. The highest BCUT2D eigenvalue weighted by Crippen LogP contribution is 2.22. The molecule has 0 aliphatic heterocycles. The first-order valence-electron chi connectivity index (χ1n) is 8.88. The number of esters is 1. The molecule has 0 aliphatic carbocycles. The summed E-state index contributed by atoms with van der Waals surface area (Å²) in [5, 5.41) is 0.428. The van der Waals surface area contributed by atoms with Crippen molar-refractivity contribution >= 4 is 32.6 Å². The van der Waals surface area contributed by atoms with Gasteiger partial charge in [-0.3, -0.25) is 13.9 Å². The molecule has 152 valence electrons. The van der Waals surface area contributed by atoms with Crippen LogP contribution >= 0.6 is 0 Å². The van der Waals surface area contributed by atoms with E-state index < -0.39 is 28.6 Å². The molecule has 8 nitrogen and oxygen atoms in total. The van der Waals surface area contributed by atoms with Gasteiger partial charge in [-0.05, 0) is 37.6 Å². The van der Waals surface area contributed by atoms with Crippen LogP contribution in [0.1, 0.15) is 24.4 Å². The van der Waals surface area contributed by atoms with E-state index in [0.29, 0.717) is 22.2 Å². The number of hydrogen-bond donors (Lipinski definition) is 1. The molecular formula is C20H21N3O5S. The van der Waals surface area contributed by atoms with Crippen LogP contribution in [0.4, 0.5) is 5.69 Å². The maximum atomic E-state index is 12.5. The molecular weight excluding hydrogens is 394 g/mol. The molecule has 0 spiro atoms. The Bertz CT molecular complexity index is 1220. The number of ether oxygens (including phenoxy) is 1. The number of carbonyl (C=O) groups excluding carboxylic acids is 1. The van der Waals surface area contributed by atoms with Gasteiger partial charge in [0.15, 0.2) is 11.9 Å². The minimum absolute atomic E-state index is 0.184. The standard InChI is InChI=1S/C20H21N3O5S/c1-13-8-4-7-11-17(13)23(29(3,26)27)12-18(24)28-14(2)19-21-16-10-6-5-9-15(16)20(25)22-19/h4-11,14H,12H2,1-3H3,(H,21,22,25)/t14-/m1/s1. The number of aromatic nitrogens is 2. The molecule has 0 unspecified atom stereocenters. The SMILES string of the molecule is Cc1ccccc1N(CC(=O)O[C@H](C)c1nc2ccccc2c(=O)[nH]1)S(C)(=O)=O. The number of hydrogen-bond acceptors (Lipinski definition) is 6. The number of aryl methyl sites for hydroxylation is 1. The van der Waals surface area contributed by atoms with Crippen molar-refractivity contribution < 1.29 is 17.9 Å². The lowest BCUT2D eigenvalue weighted by atomic mass is 10.2. The summed E-state index contributed by atoms with van der Waals surface area (Å²) in [5.41, 5.74) is 1.24. The van der Waals surface area contributed by atoms with Crippen LogP contribution in [-0.4, -0.2) is 37.2 Å². The van der Waals surface area contributed by atoms with Gasteiger partial charge in [-0.1, -0.05) is 30.3 Å². The highest BCUT2D eigenvalue weighted by Gasteiger charge is 2.24. The van der Waals surface area contributed by atoms with Crippen molar-refractivity contribution in [2.24, 2.45) is 0 Å². The van der Waals surface area contributed by atoms with Crippen LogP contribution in [-0.2, 0) is 19.6 Å². The number of anilines is 1. The Balaban J connectivity index is 1.82. The number of sulfonamides is 1. The third-order valence-electron chi connectivity index (χ3n) is 4.38. The highest BCUT2D eigenvalue weighted by atomic mass is 32.2. The van der Waals surface area contributed by atoms with Crippen molar-refractivity contribution in [1.82, 2.24) is 9.97 Å². The van der Waals surface area contributed by atoms with Crippen LogP contribution in [0.5, 0.6) is 0 Å². The number of H-pyrrole nitrogens is 1. The predicted molar refractivity (Wildman–Crippen MR) is 110 cm³/mol. The van der Waals surface area contributed by atoms with Crippen LogP contribution in [0.25, 0.3) is 10.9 Å². The van der Waals surface area contributed by atoms with Crippen molar-refractivity contribution in [2.75, 3.05) is 17.1 Å². The summed E-state index contributed by atoms with van der Waals surface area (Å²) in [6.07, 6.45) is 0.163. The van der Waals surface area contributed by atoms with E-state index in [9.17, 15) is 18.0 Å². The summed E-state index contributed by atoms with van der Waals surface area (Å²) < 4.78 is 30.8. The van der Waals surface area contributed by atoms with E-state index >= 15 is 0 Å². The zero-order valence-electron chi connectivity index (χ0n) is 16.2. The predicted octanol–water partition coefficient (Wildman–Crippen LogP) is 2.30. The van der Waals surface area contributed by atoms with E-state index in [1.165, 1.54) is 0 Å². The molecule has 0 amide bonds. The molecule has 0 aliphatic rings. The highest BCUT2D eigenvalue weighted by molar-refractivity contribution is 7.92. The molecule has 0 bridgehead atoms. The maximum absolute atomic E-state index is 12.5. The first-order chi connectivity index (χ1) is 13.7. The van der Waals surface area contributed by atoms with Gasteiger partial charge in [0.2, 0.25) is 10.0 Å². The summed E-state index contributed by atoms with van der Waals surface area (Å²) in [7, 11) is -3.71. The molecule has 0 fully saturated rings. The van der Waals surface area contributed by atoms with Crippen molar-refractivity contribution in [3.63, 3.8) is 0 Å². The number of benzene rings is 2. The summed E-state index contributed by atoms with van der Waals surface area (Å²) in [5.74, 6) is -0.578. The van der Waals surface area contributed by atoms with Crippen molar-refractivity contribution in [1.29, 1.82) is 0 Å². The number of nitrogens with one attached hydrogen (secondary N) is 1. The molecule has 0 saturated heterocycles. The summed E-state index contributed by atoms with van der Waals surface area (Å²) >= 11 is 0. The second kappa shape index (κ2) is 8.04. The first kappa shape index (κ1) is 20.5. The summed E-state index contributed by atoms with van der Waals surface area (Å²) in [6, 6.07) is 13.7. The van der Waals surface area contributed by atoms with Crippen LogP contribution in [0, 0.1) is 6.92 Å². The minimum Gasteiger partial charge on any atom is -0.453 e. The Morgan fingerprint density at radius 3 is 2.52 bits per heavy atom. The lowest BCUT2D eigenvalue weighted by Crippen LogP contribution is -2.36. The number of para-hydroxylation sites is 2. The zero-order chi connectivity index (χ0) is 21.2. The smallest absolute Gasteiger partial charge is 0.327 e. The van der Waals surface area contributed by atoms with Crippen LogP contribution in [0.2, 0.25) is 0 Å². The van der Waals surface area contributed by atoms with E-state index in [4.69, 9.17) is 4.74 Å². The number of aromatic amines is 1. The summed E-state index contributed by atoms with van der Waals surface area (Å²) in [4.78, 5) is 31.6. The number of carbonyl (C=O) groups is 1. The normalized spacial score (nSPS) is 12.5. The van der Waals surface area contributed by atoms with Crippen LogP contribution < -0.4 is 9.86 Å². The Labute approximate surface area is 168 Å². The molecule has 0 saturated carbocycles. The van der Waals surface area contributed by atoms with E-state index in [-0.39, 0.29) is 11.4 Å². The second-order valence-electron chi connectivity index (χ2n) is 6.66. The van der Waals surface area contributed by atoms with Gasteiger partial charge in [-0.15, -0.1) is 0 Å². The van der Waals surface area contributed by atoms with E-state index in [1.54, 1.807) is 62.4 Å². The minimum atomic E-state index is -3.71. The fourth-order valence-electron chi connectivity index (χ4n) is 2.93. The fraction of sp³-hybridized carbons (Fsp3) is 0.250. The molecule has 1 heterocycles. The van der Waals surface area contributed by atoms with Crippen molar-refractivity contribution in [2.45, 2.75) is 20.0 Å². The van der Waals surface area contributed by atoms with E-state index in [1.807, 2.05) is 0 Å². The van der Waals surface area contributed by atoms with Gasteiger partial charge < -0.3 is 9.72 Å². The van der Waals surface area contributed by atoms with Gasteiger partial charge in [-0.25, -0.2) is 13.4 Å². The number of fused-ring (bicyclic) bond motifs is 1. The second-order valence-corrected chi connectivity index (χ2v) is 8.56. The molecule has 1 atom stereocenters. The van der Waals surface area contributed by atoms with Gasteiger partial charge in [0.05, 0.1) is 22.8 Å². The molecule has 9 heteroatoms. The van der Waals surface area contributed by atoms with Crippen molar-refractivity contribution in [3.8, 4) is 0 Å². The Kier molecular flexibility index (Phi) is 5.69. The molecule has 0 radical (unpaired) electrons. The summed E-state index contributed by atoms with van der Waals surface area (Å²) in [6.45, 7) is 2.82. The Morgan fingerprint density at radius 2 is 1.83 bits per heavy atom. The van der Waals surface area contributed by atoms with Crippen molar-refractivity contribution in [3.05, 3.63) is 70.3 Å². The van der Waals surface area contributed by atoms with Crippen LogP contribution in [0.3, 0.4) is 0 Å². The van der Waals surface area contributed by atoms with Crippen LogP contribution in [0.15, 0.2) is 53.3 Å². The number of rotatable bonds is 6. The van der Waals surface area contributed by atoms with E-state index in [0.717, 1.165) is 10.6 Å². The molecule has 1 aromatic heterocycles. The lowest BCUT2D eigenvalue weighted by Gasteiger charge is -2.24. The topological polar surface area (TPSA) is 109 Å². The molecule has 29 heavy (non-hydrogen) atoms. The third-order valence-corrected chi connectivity index (χ3v) is 5.51. The van der Waals surface area contributed by atoms with Gasteiger partial charge in [0, 0.05) is 0 Å². The lowest BCUT2D eigenvalue weighted by molar-refractivity contribution is -0.147. The monoisotopic (exact) mass is 415 g/mol. The Morgan fingerprint density at radius 1 is 1.17 bits per heavy atom. The quantitative estimate of drug-likeness (QED) is 0.619. The van der Waals surface area contributed by atoms with Gasteiger partial charge in [0.25, 0.3) is 5.56 Å². The Hall–Kier alpha value is -3.20. The third kappa shape index (κ3) is 4.62. The zero-order valence-corrected chi connectivity index (χ0v) is 17.1. The van der Waals surface area contributed by atoms with Gasteiger partial charge in [-0.2, -0.15) is 0 Å². The van der Waals surface area contributed by atoms with Gasteiger partial charge >= 0.3 is 5.97 Å². The molecule has 3 aromatic rings. The number of nitrogens with zero attached hydrogens (tertiary/aromatic N) is 2. The average Bonchev–Trinajstić information content (AvgIpc) is 2.66. The molecule has 3 rings (SSSR count). The molecule has 1 N–H and O–H groups in total. The molecule has 2 aromatic carbocycles. The largest absolute Gasteiger partial charge is 0.453 e. The van der Waals surface area contributed by atoms with Gasteiger partial charge in [0.1, 0.15) is 6.54 Å².